The number of aryl methyl sites for hydroxylation is 1. The van der Waals surface area contributed by atoms with Gasteiger partial charge in [-0.1, -0.05) is 54.1 Å². The highest BCUT2D eigenvalue weighted by Crippen LogP contribution is 2.23. The van der Waals surface area contributed by atoms with Crippen molar-refractivity contribution in [2.24, 2.45) is 0 Å². The fourth-order valence-electron chi connectivity index (χ4n) is 2.43. The monoisotopic (exact) mass is 361 g/mol. The van der Waals surface area contributed by atoms with Crippen LogP contribution in [0.15, 0.2) is 83.8 Å². The van der Waals surface area contributed by atoms with Crippen molar-refractivity contribution in [3.05, 3.63) is 95.6 Å². The molecule has 3 aromatic carbocycles. The van der Waals surface area contributed by atoms with E-state index < -0.39 is 0 Å². The van der Waals surface area contributed by atoms with Crippen LogP contribution in [0.4, 0.5) is 5.69 Å². The van der Waals surface area contributed by atoms with Crippen molar-refractivity contribution in [1.29, 1.82) is 0 Å². The Labute approximate surface area is 157 Å². The Morgan fingerprint density at radius 3 is 2.31 bits per heavy atom. The molecule has 130 valence electrons. The van der Waals surface area contributed by atoms with Gasteiger partial charge in [-0.25, -0.2) is 0 Å². The fourth-order valence-corrected chi connectivity index (χ4v) is 3.28. The van der Waals surface area contributed by atoms with Crippen LogP contribution in [0.3, 0.4) is 0 Å². The Hall–Kier alpha value is -2.85. The molecule has 0 heterocycles. The van der Waals surface area contributed by atoms with Crippen LogP contribution >= 0.6 is 11.8 Å². The highest BCUT2D eigenvalue weighted by molar-refractivity contribution is 8.00. The van der Waals surface area contributed by atoms with Gasteiger partial charge in [-0.2, -0.15) is 0 Å². The molecule has 0 radical (unpaired) electrons. The van der Waals surface area contributed by atoms with Crippen LogP contribution < -0.4 is 5.32 Å². The summed E-state index contributed by atoms with van der Waals surface area (Å²) >= 11 is 1.46. The lowest BCUT2D eigenvalue weighted by Crippen LogP contribution is -2.11. The van der Waals surface area contributed by atoms with E-state index in [2.05, 4.69) is 5.32 Å². The molecule has 4 heteroatoms. The maximum absolute atomic E-state index is 12.3. The lowest BCUT2D eigenvalue weighted by molar-refractivity contribution is 0.101. The number of thioether (sulfide) groups is 1. The summed E-state index contributed by atoms with van der Waals surface area (Å²) in [7, 11) is 0. The molecule has 0 unspecified atom stereocenters. The third kappa shape index (κ3) is 4.83. The molecule has 0 bridgehead atoms. The molecule has 0 saturated carbocycles. The van der Waals surface area contributed by atoms with E-state index in [1.165, 1.54) is 11.8 Å². The molecule has 26 heavy (non-hydrogen) atoms. The van der Waals surface area contributed by atoms with Gasteiger partial charge >= 0.3 is 0 Å². The van der Waals surface area contributed by atoms with Crippen LogP contribution in [0.1, 0.15) is 26.3 Å². The number of hydrogen-bond donors (Lipinski definition) is 1. The highest BCUT2D eigenvalue weighted by atomic mass is 32.2. The predicted molar refractivity (Wildman–Crippen MR) is 107 cm³/mol. The van der Waals surface area contributed by atoms with Crippen LogP contribution in [0.2, 0.25) is 0 Å². The van der Waals surface area contributed by atoms with Crippen LogP contribution in [0, 0.1) is 6.92 Å². The first-order valence-corrected chi connectivity index (χ1v) is 9.29. The van der Waals surface area contributed by atoms with Gasteiger partial charge in [-0.3, -0.25) is 9.59 Å². The molecule has 3 rings (SSSR count). The quantitative estimate of drug-likeness (QED) is 0.483. The van der Waals surface area contributed by atoms with E-state index in [1.54, 1.807) is 0 Å². The fraction of sp³-hybridized carbons (Fsp3) is 0.0909. The third-order valence-corrected chi connectivity index (χ3v) is 4.87. The predicted octanol–water partition coefficient (Wildman–Crippen LogP) is 5.22. The second kappa shape index (κ2) is 8.50. The molecule has 1 amide bonds. The number of anilines is 1. The molecule has 1 N–H and O–H groups in total. The lowest BCUT2D eigenvalue weighted by atomic mass is 10.1. The molecule has 0 spiro atoms. The minimum Gasteiger partial charge on any atom is -0.322 e. The summed E-state index contributed by atoms with van der Waals surface area (Å²) in [5, 5.41) is 2.90. The number of amides is 1. The van der Waals surface area contributed by atoms with Crippen LogP contribution in [-0.4, -0.2) is 17.4 Å². The van der Waals surface area contributed by atoms with E-state index >= 15 is 0 Å². The molecule has 0 aliphatic rings. The largest absolute Gasteiger partial charge is 0.322 e. The Bertz CT molecular complexity index is 905. The lowest BCUT2D eigenvalue weighted by Gasteiger charge is -2.08. The first-order chi connectivity index (χ1) is 12.6. The summed E-state index contributed by atoms with van der Waals surface area (Å²) in [6, 6.07) is 24.2. The van der Waals surface area contributed by atoms with Gasteiger partial charge in [0.1, 0.15) is 0 Å². The Morgan fingerprint density at radius 1 is 0.846 bits per heavy atom. The van der Waals surface area contributed by atoms with E-state index in [1.807, 2.05) is 85.8 Å². The topological polar surface area (TPSA) is 46.2 Å². The van der Waals surface area contributed by atoms with Crippen molar-refractivity contribution in [2.45, 2.75) is 11.8 Å². The first-order valence-electron chi connectivity index (χ1n) is 8.31. The number of rotatable bonds is 6. The van der Waals surface area contributed by atoms with Crippen molar-refractivity contribution in [3.63, 3.8) is 0 Å². The zero-order valence-corrected chi connectivity index (χ0v) is 15.3. The number of carbonyl (C=O) groups excluding carboxylic acids is 2. The summed E-state index contributed by atoms with van der Waals surface area (Å²) in [5.41, 5.74) is 3.16. The van der Waals surface area contributed by atoms with Crippen molar-refractivity contribution >= 4 is 29.1 Å². The van der Waals surface area contributed by atoms with E-state index in [0.717, 1.165) is 10.5 Å². The van der Waals surface area contributed by atoms with Gasteiger partial charge in [-0.05, 0) is 37.3 Å². The second-order valence-electron chi connectivity index (χ2n) is 5.93. The average Bonchev–Trinajstić information content (AvgIpc) is 2.67. The molecule has 0 fully saturated rings. The SMILES string of the molecule is Cc1ccc(C(=O)Nc2cccc(SCC(=O)c3ccccc3)c2)cc1. The normalized spacial score (nSPS) is 10.3. The van der Waals surface area contributed by atoms with Gasteiger partial charge in [0, 0.05) is 21.7 Å². The molecule has 0 aliphatic heterocycles. The third-order valence-electron chi connectivity index (χ3n) is 3.87. The first kappa shape index (κ1) is 18.0. The zero-order chi connectivity index (χ0) is 18.4. The standard InChI is InChI=1S/C22H19NO2S/c1-16-10-12-18(13-11-16)22(25)23-19-8-5-9-20(14-19)26-15-21(24)17-6-3-2-4-7-17/h2-14H,15H2,1H3,(H,23,25). The summed E-state index contributed by atoms with van der Waals surface area (Å²) in [6.07, 6.45) is 0. The van der Waals surface area contributed by atoms with Gasteiger partial charge in [0.05, 0.1) is 5.75 Å². The van der Waals surface area contributed by atoms with E-state index in [4.69, 9.17) is 0 Å². The number of hydrogen-bond acceptors (Lipinski definition) is 3. The summed E-state index contributed by atoms with van der Waals surface area (Å²) < 4.78 is 0. The Balaban J connectivity index is 1.62. The van der Waals surface area contributed by atoms with Crippen LogP contribution in [0.25, 0.3) is 0 Å². The average molecular weight is 361 g/mol. The number of ketones is 1. The maximum Gasteiger partial charge on any atom is 0.255 e. The second-order valence-corrected chi connectivity index (χ2v) is 6.97. The number of nitrogens with one attached hydrogen (secondary N) is 1. The molecule has 3 nitrogen and oxygen atoms in total. The van der Waals surface area contributed by atoms with Gasteiger partial charge in [0.25, 0.3) is 5.91 Å². The van der Waals surface area contributed by atoms with Gasteiger partial charge in [0.2, 0.25) is 0 Å². The van der Waals surface area contributed by atoms with Crippen molar-refractivity contribution < 1.29 is 9.59 Å². The minimum absolute atomic E-state index is 0.0877. The van der Waals surface area contributed by atoms with E-state index in [9.17, 15) is 9.59 Å². The molecular formula is C22H19NO2S. The Kier molecular flexibility index (Phi) is 5.87. The smallest absolute Gasteiger partial charge is 0.255 e. The van der Waals surface area contributed by atoms with Gasteiger partial charge < -0.3 is 5.32 Å². The highest BCUT2D eigenvalue weighted by Gasteiger charge is 2.08. The van der Waals surface area contributed by atoms with E-state index in [-0.39, 0.29) is 11.7 Å². The van der Waals surface area contributed by atoms with Crippen molar-refractivity contribution in [2.75, 3.05) is 11.1 Å². The van der Waals surface area contributed by atoms with Crippen LogP contribution in [0.5, 0.6) is 0 Å². The minimum atomic E-state index is -0.146. The Morgan fingerprint density at radius 2 is 1.58 bits per heavy atom. The summed E-state index contributed by atoms with van der Waals surface area (Å²) in [6.45, 7) is 1.99. The number of benzene rings is 3. The number of carbonyl (C=O) groups is 2. The zero-order valence-electron chi connectivity index (χ0n) is 14.4. The molecule has 3 aromatic rings. The van der Waals surface area contributed by atoms with Gasteiger partial charge in [0.15, 0.2) is 5.78 Å². The molecular weight excluding hydrogens is 342 g/mol. The molecule has 0 atom stereocenters. The summed E-state index contributed by atoms with van der Waals surface area (Å²) in [5.74, 6) is 0.302. The maximum atomic E-state index is 12.3. The number of Topliss-reactive ketones (excluding diaryl/α,β-unsaturated/α-hetero) is 1. The van der Waals surface area contributed by atoms with Crippen molar-refractivity contribution in [3.8, 4) is 0 Å². The van der Waals surface area contributed by atoms with Crippen molar-refractivity contribution in [1.82, 2.24) is 0 Å². The molecule has 0 saturated heterocycles. The molecule has 0 aromatic heterocycles. The molecule has 0 aliphatic carbocycles. The van der Waals surface area contributed by atoms with E-state index in [0.29, 0.717) is 22.6 Å². The van der Waals surface area contributed by atoms with Gasteiger partial charge in [-0.15, -0.1) is 11.8 Å². The summed E-state index contributed by atoms with van der Waals surface area (Å²) in [4.78, 5) is 25.5. The van der Waals surface area contributed by atoms with Crippen LogP contribution in [-0.2, 0) is 0 Å².